The molecule has 0 radical (unpaired) electrons. The molecule has 12 heteroatoms. The SMILES string of the molecule is C=CC(=O)Nc1cc2c(Nc3cccc(I)c3)ncnc2cc1OCCOCCOCCOCCOCCOCC. The number of rotatable bonds is 21. The molecule has 1 amide bonds. The number of benzene rings is 2. The molecule has 0 bridgehead atoms. The molecule has 0 unspecified atom stereocenters. The van der Waals surface area contributed by atoms with Crippen molar-refractivity contribution < 1.29 is 33.2 Å². The number of aromatic nitrogens is 2. The van der Waals surface area contributed by atoms with Gasteiger partial charge in [0.25, 0.3) is 0 Å². The molecule has 1 aromatic heterocycles. The van der Waals surface area contributed by atoms with Gasteiger partial charge in [-0.1, -0.05) is 12.6 Å². The first-order chi connectivity index (χ1) is 20.1. The van der Waals surface area contributed by atoms with Crippen molar-refractivity contribution in [1.82, 2.24) is 9.97 Å². The van der Waals surface area contributed by atoms with Crippen LogP contribution in [0.4, 0.5) is 17.2 Å². The molecule has 3 aromatic rings. The van der Waals surface area contributed by atoms with E-state index in [4.69, 9.17) is 28.4 Å². The highest BCUT2D eigenvalue weighted by molar-refractivity contribution is 14.1. The lowest BCUT2D eigenvalue weighted by Gasteiger charge is -2.15. The Labute approximate surface area is 254 Å². The monoisotopic (exact) mass is 680 g/mol. The number of anilines is 3. The molecular weight excluding hydrogens is 643 g/mol. The van der Waals surface area contributed by atoms with Crippen LogP contribution in [-0.4, -0.2) is 88.6 Å². The second kappa shape index (κ2) is 19.3. The van der Waals surface area contributed by atoms with Gasteiger partial charge < -0.3 is 39.1 Å². The summed E-state index contributed by atoms with van der Waals surface area (Å²) >= 11 is 2.25. The van der Waals surface area contributed by atoms with E-state index in [1.165, 1.54) is 12.4 Å². The number of ether oxygens (including phenoxy) is 6. The zero-order valence-electron chi connectivity index (χ0n) is 23.2. The van der Waals surface area contributed by atoms with Crippen LogP contribution in [0.3, 0.4) is 0 Å². The Morgan fingerprint density at radius 3 is 2.12 bits per heavy atom. The lowest BCUT2D eigenvalue weighted by Crippen LogP contribution is -2.15. The molecule has 0 fully saturated rings. The van der Waals surface area contributed by atoms with E-state index in [-0.39, 0.29) is 12.5 Å². The Balaban J connectivity index is 1.42. The highest BCUT2D eigenvalue weighted by atomic mass is 127. The number of hydrogen-bond donors (Lipinski definition) is 2. The maximum Gasteiger partial charge on any atom is 0.247 e. The predicted octanol–water partition coefficient (Wildman–Crippen LogP) is 4.58. The molecule has 1 heterocycles. The second-order valence-electron chi connectivity index (χ2n) is 8.41. The van der Waals surface area contributed by atoms with Crippen molar-refractivity contribution in [2.75, 3.05) is 83.3 Å². The fourth-order valence-corrected chi connectivity index (χ4v) is 4.06. The molecular formula is C29H37IN4O7. The third-order valence-electron chi connectivity index (χ3n) is 5.44. The molecule has 0 saturated carbocycles. The van der Waals surface area contributed by atoms with E-state index in [1.807, 2.05) is 31.2 Å². The van der Waals surface area contributed by atoms with Gasteiger partial charge in [-0.25, -0.2) is 9.97 Å². The van der Waals surface area contributed by atoms with E-state index in [0.717, 1.165) is 14.6 Å². The van der Waals surface area contributed by atoms with Crippen molar-refractivity contribution in [2.24, 2.45) is 0 Å². The number of amides is 1. The number of carbonyl (C=O) groups excluding carboxylic acids is 1. The molecule has 2 N–H and O–H groups in total. The maximum absolute atomic E-state index is 12.1. The summed E-state index contributed by atoms with van der Waals surface area (Å²) in [6, 6.07) is 11.5. The van der Waals surface area contributed by atoms with Gasteiger partial charge in [-0.2, -0.15) is 0 Å². The Bertz CT molecular complexity index is 1230. The van der Waals surface area contributed by atoms with Gasteiger partial charge in [-0.15, -0.1) is 0 Å². The van der Waals surface area contributed by atoms with Crippen LogP contribution in [0.2, 0.25) is 0 Å². The van der Waals surface area contributed by atoms with Crippen LogP contribution in [0.15, 0.2) is 55.4 Å². The van der Waals surface area contributed by atoms with E-state index in [2.05, 4.69) is 49.8 Å². The van der Waals surface area contributed by atoms with E-state index >= 15 is 0 Å². The summed E-state index contributed by atoms with van der Waals surface area (Å²) in [5.41, 5.74) is 2.03. The summed E-state index contributed by atoms with van der Waals surface area (Å²) in [7, 11) is 0. The molecule has 0 aliphatic heterocycles. The highest BCUT2D eigenvalue weighted by Crippen LogP contribution is 2.33. The number of nitrogens with zero attached hydrogens (tertiary/aromatic N) is 2. The first-order valence-corrected chi connectivity index (χ1v) is 14.4. The molecule has 0 atom stereocenters. The molecule has 0 aliphatic carbocycles. The maximum atomic E-state index is 12.1. The van der Waals surface area contributed by atoms with Gasteiger partial charge in [0.05, 0.1) is 70.7 Å². The Kier molecular flexibility index (Phi) is 15.3. The first kappa shape index (κ1) is 32.6. The van der Waals surface area contributed by atoms with Crippen LogP contribution in [0.5, 0.6) is 5.75 Å². The summed E-state index contributed by atoms with van der Waals surface area (Å²) in [6.07, 6.45) is 2.68. The van der Waals surface area contributed by atoms with Crippen LogP contribution in [0, 0.1) is 3.57 Å². The summed E-state index contributed by atoms with van der Waals surface area (Å²) in [6.45, 7) is 10.8. The van der Waals surface area contributed by atoms with Crippen LogP contribution in [-0.2, 0) is 28.5 Å². The average molecular weight is 681 g/mol. The number of halogens is 1. The Morgan fingerprint density at radius 2 is 1.51 bits per heavy atom. The minimum Gasteiger partial charge on any atom is -0.489 e. The zero-order chi connectivity index (χ0) is 29.1. The van der Waals surface area contributed by atoms with Crippen molar-refractivity contribution in [3.05, 3.63) is 59.0 Å². The predicted molar refractivity (Wildman–Crippen MR) is 166 cm³/mol. The van der Waals surface area contributed by atoms with Crippen molar-refractivity contribution in [2.45, 2.75) is 6.92 Å². The van der Waals surface area contributed by atoms with Crippen molar-refractivity contribution in [1.29, 1.82) is 0 Å². The average Bonchev–Trinajstić information content (AvgIpc) is 2.97. The highest BCUT2D eigenvalue weighted by Gasteiger charge is 2.13. The van der Waals surface area contributed by atoms with Gasteiger partial charge >= 0.3 is 0 Å². The molecule has 2 aromatic carbocycles. The minimum atomic E-state index is -0.357. The minimum absolute atomic E-state index is 0.271. The van der Waals surface area contributed by atoms with E-state index < -0.39 is 0 Å². The van der Waals surface area contributed by atoms with Crippen LogP contribution < -0.4 is 15.4 Å². The van der Waals surface area contributed by atoms with Crippen LogP contribution in [0.25, 0.3) is 10.9 Å². The van der Waals surface area contributed by atoms with E-state index in [9.17, 15) is 4.79 Å². The fraction of sp³-hybridized carbons (Fsp3) is 0.414. The van der Waals surface area contributed by atoms with Crippen molar-refractivity contribution >= 4 is 56.6 Å². The molecule has 0 spiro atoms. The van der Waals surface area contributed by atoms with Crippen LogP contribution >= 0.6 is 22.6 Å². The third kappa shape index (κ3) is 12.3. The van der Waals surface area contributed by atoms with Gasteiger partial charge in [0.2, 0.25) is 5.91 Å². The molecule has 3 rings (SSSR count). The normalized spacial score (nSPS) is 11.0. The van der Waals surface area contributed by atoms with Gasteiger partial charge in [0.1, 0.15) is 24.5 Å². The molecule has 0 saturated heterocycles. The molecule has 41 heavy (non-hydrogen) atoms. The fourth-order valence-electron chi connectivity index (χ4n) is 3.52. The molecule has 222 valence electrons. The summed E-state index contributed by atoms with van der Waals surface area (Å²) in [5, 5.41) is 6.86. The standard InChI is InChI=1S/C29H37IN4O7/c1-3-28(35)34-26-19-24-25(31-21-32-29(24)33-23-7-5-6-22(30)18-23)20-27(26)41-17-16-40-15-14-39-13-12-38-11-10-37-9-8-36-4-2/h3,5-7,18-21H,1,4,8-17H2,2H3,(H,34,35)(H,31,32,33). The molecule has 0 aliphatic rings. The largest absolute Gasteiger partial charge is 0.489 e. The van der Waals surface area contributed by atoms with Gasteiger partial charge in [0, 0.05) is 27.3 Å². The quantitative estimate of drug-likeness (QED) is 0.0940. The number of carbonyl (C=O) groups is 1. The van der Waals surface area contributed by atoms with Crippen molar-refractivity contribution in [3.8, 4) is 5.75 Å². The van der Waals surface area contributed by atoms with Gasteiger partial charge in [0.15, 0.2) is 0 Å². The lowest BCUT2D eigenvalue weighted by molar-refractivity contribution is -0.111. The van der Waals surface area contributed by atoms with E-state index in [0.29, 0.717) is 88.8 Å². The number of hydrogen-bond acceptors (Lipinski definition) is 10. The van der Waals surface area contributed by atoms with Gasteiger partial charge in [-0.05, 0) is 59.9 Å². The summed E-state index contributed by atoms with van der Waals surface area (Å²) in [4.78, 5) is 20.9. The van der Waals surface area contributed by atoms with Gasteiger partial charge in [-0.3, -0.25) is 4.79 Å². The van der Waals surface area contributed by atoms with E-state index in [1.54, 1.807) is 12.1 Å². The Morgan fingerprint density at radius 1 is 0.878 bits per heavy atom. The first-order valence-electron chi connectivity index (χ1n) is 13.4. The molecule has 11 nitrogen and oxygen atoms in total. The smallest absolute Gasteiger partial charge is 0.247 e. The lowest BCUT2D eigenvalue weighted by atomic mass is 10.1. The number of fused-ring (bicyclic) bond motifs is 1. The summed E-state index contributed by atoms with van der Waals surface area (Å²) in [5.74, 6) is 0.715. The zero-order valence-corrected chi connectivity index (χ0v) is 25.4. The second-order valence-corrected chi connectivity index (χ2v) is 9.66. The topological polar surface area (TPSA) is 122 Å². The van der Waals surface area contributed by atoms with Crippen LogP contribution in [0.1, 0.15) is 6.92 Å². The van der Waals surface area contributed by atoms with Crippen molar-refractivity contribution in [3.63, 3.8) is 0 Å². The number of nitrogens with one attached hydrogen (secondary N) is 2. The third-order valence-corrected chi connectivity index (χ3v) is 6.12. The summed E-state index contributed by atoms with van der Waals surface area (Å²) < 4.78 is 34.2. The Hall–Kier alpha value is -2.88.